The van der Waals surface area contributed by atoms with E-state index in [1.807, 2.05) is 78.7 Å². The molecule has 3 heterocycles. The van der Waals surface area contributed by atoms with E-state index in [1.54, 1.807) is 12.4 Å². The fourth-order valence-corrected chi connectivity index (χ4v) is 4.68. The summed E-state index contributed by atoms with van der Waals surface area (Å²) in [6.45, 7) is 3.98. The van der Waals surface area contributed by atoms with Crippen molar-refractivity contribution in [3.05, 3.63) is 101 Å². The number of aromatic nitrogens is 4. The Hall–Kier alpha value is -4.72. The van der Waals surface area contributed by atoms with E-state index in [9.17, 15) is 9.18 Å². The zero-order chi connectivity index (χ0) is 25.0. The molecule has 7 nitrogen and oxygen atoms in total. The summed E-state index contributed by atoms with van der Waals surface area (Å²) in [5.41, 5.74) is 8.49. The van der Waals surface area contributed by atoms with Crippen molar-refractivity contribution in [1.82, 2.24) is 19.3 Å². The topological polar surface area (TPSA) is 76.8 Å². The number of carbonyl (C=O) groups excluding carboxylic acids is 1. The number of hydrogen-bond acceptors (Lipinski definition) is 4. The molecule has 0 spiro atoms. The van der Waals surface area contributed by atoms with Crippen molar-refractivity contribution in [2.75, 3.05) is 10.6 Å². The molecule has 3 aromatic carbocycles. The van der Waals surface area contributed by atoms with Crippen LogP contribution in [-0.2, 0) is 11.8 Å². The van der Waals surface area contributed by atoms with Crippen molar-refractivity contribution in [1.29, 1.82) is 0 Å². The van der Waals surface area contributed by atoms with Gasteiger partial charge in [0, 0.05) is 29.6 Å². The van der Waals surface area contributed by atoms with Gasteiger partial charge in [0.05, 0.1) is 45.7 Å². The Kier molecular flexibility index (Phi) is 4.96. The molecule has 0 radical (unpaired) electrons. The normalized spacial score (nSPS) is 14.2. The zero-order valence-corrected chi connectivity index (χ0v) is 20.0. The lowest BCUT2D eigenvalue weighted by atomic mass is 9.99. The Bertz CT molecular complexity index is 1690. The molecular weight excluding hydrogens is 455 g/mol. The Morgan fingerprint density at radius 1 is 1.00 bits per heavy atom. The summed E-state index contributed by atoms with van der Waals surface area (Å²) in [4.78, 5) is 17.6. The number of nitrogens with one attached hydrogen (secondary N) is 2. The minimum absolute atomic E-state index is 0.293. The first kappa shape index (κ1) is 21.8. The highest BCUT2D eigenvalue weighted by Gasteiger charge is 2.29. The SMILES string of the molecule is Cc1cc(C)n(-c2ccc(NC(=C3C(=O)Nc4cc(F)ccc43)c3ccc4c(c3)ncn4C)cc2)n1. The lowest BCUT2D eigenvalue weighted by Gasteiger charge is -2.16. The van der Waals surface area contributed by atoms with E-state index in [0.29, 0.717) is 22.5 Å². The highest BCUT2D eigenvalue weighted by Crippen LogP contribution is 2.38. The molecule has 2 N–H and O–H groups in total. The molecule has 0 saturated heterocycles. The van der Waals surface area contributed by atoms with Crippen LogP contribution in [0.25, 0.3) is 28.0 Å². The van der Waals surface area contributed by atoms with Gasteiger partial charge in [0.1, 0.15) is 5.82 Å². The molecule has 2 aromatic heterocycles. The van der Waals surface area contributed by atoms with Crippen LogP contribution in [0.1, 0.15) is 22.5 Å². The van der Waals surface area contributed by atoms with Gasteiger partial charge in [-0.1, -0.05) is 6.07 Å². The van der Waals surface area contributed by atoms with Crippen LogP contribution in [0.2, 0.25) is 0 Å². The molecule has 1 amide bonds. The second-order valence-electron chi connectivity index (χ2n) is 8.96. The van der Waals surface area contributed by atoms with E-state index in [0.717, 1.165) is 39.4 Å². The summed E-state index contributed by atoms with van der Waals surface area (Å²) in [5, 5.41) is 10.8. The van der Waals surface area contributed by atoms with Gasteiger partial charge < -0.3 is 15.2 Å². The van der Waals surface area contributed by atoms with Gasteiger partial charge in [-0.05, 0) is 74.5 Å². The molecule has 0 aliphatic carbocycles. The third kappa shape index (κ3) is 3.63. The van der Waals surface area contributed by atoms with Crippen LogP contribution >= 0.6 is 0 Å². The standard InChI is InChI=1S/C28H23FN6O/c1-16-12-17(2)35(33-16)21-8-6-20(7-9-21)31-27(18-4-11-25-24(13-18)30-15-34(25)3)26-22-10-5-19(29)14-23(22)32-28(26)36/h4-15,31H,1-3H3,(H,32,36). The first-order chi connectivity index (χ1) is 17.4. The molecule has 5 aromatic rings. The minimum Gasteiger partial charge on any atom is -0.354 e. The molecule has 1 aliphatic rings. The minimum atomic E-state index is -0.403. The van der Waals surface area contributed by atoms with Crippen molar-refractivity contribution in [3.63, 3.8) is 0 Å². The van der Waals surface area contributed by atoms with E-state index < -0.39 is 5.82 Å². The molecule has 0 unspecified atom stereocenters. The van der Waals surface area contributed by atoms with Crippen molar-refractivity contribution >= 4 is 39.6 Å². The molecule has 6 rings (SSSR count). The molecule has 0 saturated carbocycles. The summed E-state index contributed by atoms with van der Waals surface area (Å²) >= 11 is 0. The van der Waals surface area contributed by atoms with Gasteiger partial charge >= 0.3 is 0 Å². The summed E-state index contributed by atoms with van der Waals surface area (Å²) in [6, 6.07) is 20.1. The smallest absolute Gasteiger partial charge is 0.258 e. The predicted octanol–water partition coefficient (Wildman–Crippen LogP) is 5.45. The zero-order valence-electron chi connectivity index (χ0n) is 20.0. The number of nitrogens with zero attached hydrogens (tertiary/aromatic N) is 4. The Balaban J connectivity index is 1.47. The lowest BCUT2D eigenvalue weighted by molar-refractivity contribution is -0.110. The molecule has 0 bridgehead atoms. The third-order valence-corrected chi connectivity index (χ3v) is 6.38. The number of rotatable bonds is 4. The second kappa shape index (κ2) is 8.20. The number of benzene rings is 3. The summed E-state index contributed by atoms with van der Waals surface area (Å²) < 4.78 is 17.7. The molecule has 1 aliphatic heterocycles. The van der Waals surface area contributed by atoms with Crippen LogP contribution in [0.4, 0.5) is 15.8 Å². The fourth-order valence-electron chi connectivity index (χ4n) is 4.68. The van der Waals surface area contributed by atoms with Gasteiger partial charge in [-0.3, -0.25) is 4.79 Å². The van der Waals surface area contributed by atoms with E-state index in [-0.39, 0.29) is 5.91 Å². The van der Waals surface area contributed by atoms with Crippen LogP contribution in [0.15, 0.2) is 73.1 Å². The average Bonchev–Trinajstić information content (AvgIpc) is 3.51. The number of hydrogen-bond donors (Lipinski definition) is 2. The van der Waals surface area contributed by atoms with Gasteiger partial charge in [-0.15, -0.1) is 0 Å². The molecule has 178 valence electrons. The second-order valence-corrected chi connectivity index (χ2v) is 8.96. The van der Waals surface area contributed by atoms with Crippen LogP contribution in [0.3, 0.4) is 0 Å². The van der Waals surface area contributed by atoms with Crippen LogP contribution < -0.4 is 10.6 Å². The third-order valence-electron chi connectivity index (χ3n) is 6.38. The summed E-state index contributed by atoms with van der Waals surface area (Å²) in [6.07, 6.45) is 1.76. The number of aryl methyl sites for hydroxylation is 3. The van der Waals surface area contributed by atoms with Gasteiger partial charge in [0.25, 0.3) is 5.91 Å². The maximum absolute atomic E-state index is 13.9. The molecule has 36 heavy (non-hydrogen) atoms. The monoisotopic (exact) mass is 478 g/mol. The molecule has 8 heteroatoms. The van der Waals surface area contributed by atoms with E-state index in [1.165, 1.54) is 12.1 Å². The maximum Gasteiger partial charge on any atom is 0.258 e. The van der Waals surface area contributed by atoms with E-state index in [4.69, 9.17) is 0 Å². The highest BCUT2D eigenvalue weighted by atomic mass is 19.1. The fraction of sp³-hybridized carbons (Fsp3) is 0.107. The molecule has 0 atom stereocenters. The number of carbonyl (C=O) groups is 1. The van der Waals surface area contributed by atoms with Gasteiger partial charge in [-0.25, -0.2) is 14.1 Å². The van der Waals surface area contributed by atoms with Crippen LogP contribution in [-0.4, -0.2) is 25.2 Å². The molecule has 0 fully saturated rings. The van der Waals surface area contributed by atoms with Gasteiger partial charge in [0.2, 0.25) is 0 Å². The summed E-state index contributed by atoms with van der Waals surface area (Å²) in [5.74, 6) is -0.696. The van der Waals surface area contributed by atoms with Crippen LogP contribution in [0.5, 0.6) is 0 Å². The lowest BCUT2D eigenvalue weighted by Crippen LogP contribution is -2.10. The first-order valence-electron chi connectivity index (χ1n) is 11.5. The average molecular weight is 479 g/mol. The van der Waals surface area contributed by atoms with Crippen molar-refractivity contribution < 1.29 is 9.18 Å². The van der Waals surface area contributed by atoms with Crippen molar-refractivity contribution in [2.24, 2.45) is 7.05 Å². The highest BCUT2D eigenvalue weighted by molar-refractivity contribution is 6.37. The number of halogens is 1. The van der Waals surface area contributed by atoms with Crippen molar-refractivity contribution in [3.8, 4) is 5.69 Å². The Morgan fingerprint density at radius 3 is 2.56 bits per heavy atom. The number of anilines is 2. The number of imidazole rings is 1. The van der Waals surface area contributed by atoms with E-state index in [2.05, 4.69) is 20.7 Å². The number of fused-ring (bicyclic) bond motifs is 2. The van der Waals surface area contributed by atoms with E-state index >= 15 is 0 Å². The number of amides is 1. The Labute approximate surface area is 206 Å². The first-order valence-corrected chi connectivity index (χ1v) is 11.5. The van der Waals surface area contributed by atoms with Crippen molar-refractivity contribution in [2.45, 2.75) is 13.8 Å². The predicted molar refractivity (Wildman–Crippen MR) is 139 cm³/mol. The Morgan fingerprint density at radius 2 is 1.81 bits per heavy atom. The summed E-state index contributed by atoms with van der Waals surface area (Å²) in [7, 11) is 1.94. The largest absolute Gasteiger partial charge is 0.354 e. The van der Waals surface area contributed by atoms with Gasteiger partial charge in [0.15, 0.2) is 0 Å². The maximum atomic E-state index is 13.9. The van der Waals surface area contributed by atoms with Gasteiger partial charge in [-0.2, -0.15) is 5.10 Å². The quantitative estimate of drug-likeness (QED) is 0.337. The van der Waals surface area contributed by atoms with Crippen LogP contribution in [0, 0.1) is 19.7 Å². The molecular formula is C28H23FN6O.